The lowest BCUT2D eigenvalue weighted by molar-refractivity contribution is 0.290. The van der Waals surface area contributed by atoms with E-state index in [1.54, 1.807) is 18.9 Å². The van der Waals surface area contributed by atoms with E-state index in [0.717, 1.165) is 39.6 Å². The third-order valence-corrected chi connectivity index (χ3v) is 5.17. The van der Waals surface area contributed by atoms with Gasteiger partial charge >= 0.3 is 0 Å². The zero-order valence-corrected chi connectivity index (χ0v) is 15.9. The minimum Gasteiger partial charge on any atom is -0.497 e. The molecule has 0 spiro atoms. The molecule has 0 aliphatic carbocycles. The molecule has 0 N–H and O–H groups in total. The summed E-state index contributed by atoms with van der Waals surface area (Å²) in [5, 5.41) is 9.34. The van der Waals surface area contributed by atoms with Crippen molar-refractivity contribution in [3.63, 3.8) is 0 Å². The molecule has 4 rings (SSSR count). The maximum absolute atomic E-state index is 5.78. The molecule has 0 saturated heterocycles. The van der Waals surface area contributed by atoms with Crippen molar-refractivity contribution in [3.05, 3.63) is 66.4 Å². The molecule has 3 heterocycles. The number of ether oxygens (including phenoxy) is 2. The van der Waals surface area contributed by atoms with E-state index in [2.05, 4.69) is 15.2 Å². The standard InChI is InChI=1S/C19H19N5O2S/c1-23-18(12-26-16-8-6-15(25-2)7-9-16)21-22-19(23)27-13-14-11-24-10-4-3-5-17(24)20-14/h3-11H,12-13H2,1-2H3. The molecule has 3 aromatic heterocycles. The van der Waals surface area contributed by atoms with Crippen molar-refractivity contribution in [1.82, 2.24) is 24.1 Å². The van der Waals surface area contributed by atoms with E-state index in [4.69, 9.17) is 9.47 Å². The summed E-state index contributed by atoms with van der Waals surface area (Å²) >= 11 is 1.60. The number of thioether (sulfide) groups is 1. The largest absolute Gasteiger partial charge is 0.497 e. The smallest absolute Gasteiger partial charge is 0.191 e. The lowest BCUT2D eigenvalue weighted by Crippen LogP contribution is -2.04. The van der Waals surface area contributed by atoms with Gasteiger partial charge < -0.3 is 18.4 Å². The van der Waals surface area contributed by atoms with Crippen LogP contribution in [-0.2, 0) is 19.4 Å². The number of aromatic nitrogens is 5. The Morgan fingerprint density at radius 2 is 1.85 bits per heavy atom. The molecule has 8 heteroatoms. The molecule has 138 valence electrons. The fourth-order valence-corrected chi connectivity index (χ4v) is 3.43. The second-order valence-electron chi connectivity index (χ2n) is 5.91. The van der Waals surface area contributed by atoms with Gasteiger partial charge in [0.15, 0.2) is 11.0 Å². The van der Waals surface area contributed by atoms with Crippen LogP contribution in [0.15, 0.2) is 60.0 Å². The zero-order chi connectivity index (χ0) is 18.6. The molecule has 0 amide bonds. The molecule has 0 unspecified atom stereocenters. The van der Waals surface area contributed by atoms with E-state index in [-0.39, 0.29) is 0 Å². The number of benzene rings is 1. The Morgan fingerprint density at radius 1 is 1.04 bits per heavy atom. The highest BCUT2D eigenvalue weighted by Crippen LogP contribution is 2.22. The molecule has 0 atom stereocenters. The molecule has 0 bridgehead atoms. The van der Waals surface area contributed by atoms with Gasteiger partial charge in [-0.15, -0.1) is 10.2 Å². The summed E-state index contributed by atoms with van der Waals surface area (Å²) in [6.45, 7) is 0.352. The van der Waals surface area contributed by atoms with Gasteiger partial charge in [-0.25, -0.2) is 4.98 Å². The minimum atomic E-state index is 0.352. The van der Waals surface area contributed by atoms with Crippen LogP contribution in [-0.4, -0.2) is 31.3 Å². The summed E-state index contributed by atoms with van der Waals surface area (Å²) < 4.78 is 14.9. The topological polar surface area (TPSA) is 66.5 Å². The first-order valence-electron chi connectivity index (χ1n) is 8.43. The van der Waals surface area contributed by atoms with Gasteiger partial charge in [0, 0.05) is 25.2 Å². The van der Waals surface area contributed by atoms with Gasteiger partial charge in [0.05, 0.1) is 12.8 Å². The quantitative estimate of drug-likeness (QED) is 0.458. The summed E-state index contributed by atoms with van der Waals surface area (Å²) in [6.07, 6.45) is 4.03. The first kappa shape index (κ1) is 17.4. The van der Waals surface area contributed by atoms with Gasteiger partial charge in [0.1, 0.15) is 23.8 Å². The fourth-order valence-electron chi connectivity index (χ4n) is 2.61. The molecular formula is C19H19N5O2S. The van der Waals surface area contributed by atoms with Crippen molar-refractivity contribution >= 4 is 17.4 Å². The summed E-state index contributed by atoms with van der Waals surface area (Å²) in [4.78, 5) is 4.60. The van der Waals surface area contributed by atoms with Gasteiger partial charge in [0.2, 0.25) is 0 Å². The van der Waals surface area contributed by atoms with Crippen molar-refractivity contribution < 1.29 is 9.47 Å². The van der Waals surface area contributed by atoms with E-state index < -0.39 is 0 Å². The molecule has 4 aromatic rings. The maximum atomic E-state index is 5.78. The molecule has 27 heavy (non-hydrogen) atoms. The molecule has 0 saturated carbocycles. The number of methoxy groups -OCH3 is 1. The Bertz CT molecular complexity index is 1010. The molecule has 1 aromatic carbocycles. The summed E-state index contributed by atoms with van der Waals surface area (Å²) in [5.41, 5.74) is 1.95. The van der Waals surface area contributed by atoms with Crippen molar-refractivity contribution in [1.29, 1.82) is 0 Å². The van der Waals surface area contributed by atoms with Crippen LogP contribution in [0.2, 0.25) is 0 Å². The number of imidazole rings is 1. The van der Waals surface area contributed by atoms with Crippen LogP contribution in [0, 0.1) is 0 Å². The second-order valence-corrected chi connectivity index (χ2v) is 6.85. The summed E-state index contributed by atoms with van der Waals surface area (Å²) in [6, 6.07) is 13.4. The van der Waals surface area contributed by atoms with Crippen LogP contribution in [0.25, 0.3) is 5.65 Å². The SMILES string of the molecule is COc1ccc(OCc2nnc(SCc3cn4ccccc4n3)n2C)cc1. The van der Waals surface area contributed by atoms with E-state index in [1.165, 1.54) is 0 Å². The van der Waals surface area contributed by atoms with Crippen LogP contribution >= 0.6 is 11.8 Å². The first-order valence-corrected chi connectivity index (χ1v) is 9.42. The van der Waals surface area contributed by atoms with Crippen LogP contribution in [0.1, 0.15) is 11.5 Å². The van der Waals surface area contributed by atoms with E-state index in [0.29, 0.717) is 6.61 Å². The molecular weight excluding hydrogens is 362 g/mol. The van der Waals surface area contributed by atoms with Gasteiger partial charge in [0.25, 0.3) is 0 Å². The lowest BCUT2D eigenvalue weighted by atomic mass is 10.3. The number of pyridine rings is 1. The molecule has 0 fully saturated rings. The first-order chi connectivity index (χ1) is 13.2. The predicted octanol–water partition coefficient (Wildman–Crippen LogP) is 3.34. The van der Waals surface area contributed by atoms with E-state index in [1.807, 2.05) is 70.9 Å². The lowest BCUT2D eigenvalue weighted by Gasteiger charge is -2.07. The molecule has 0 aliphatic heterocycles. The van der Waals surface area contributed by atoms with Crippen LogP contribution in [0.4, 0.5) is 0 Å². The minimum absolute atomic E-state index is 0.352. The third-order valence-electron chi connectivity index (χ3n) is 4.12. The van der Waals surface area contributed by atoms with Crippen LogP contribution in [0.5, 0.6) is 11.5 Å². The zero-order valence-electron chi connectivity index (χ0n) is 15.1. The van der Waals surface area contributed by atoms with Crippen molar-refractivity contribution in [2.24, 2.45) is 7.05 Å². The third kappa shape index (κ3) is 3.90. The van der Waals surface area contributed by atoms with Crippen molar-refractivity contribution in [2.75, 3.05) is 7.11 Å². The van der Waals surface area contributed by atoms with E-state index >= 15 is 0 Å². The van der Waals surface area contributed by atoms with Gasteiger partial charge in [-0.05, 0) is 36.4 Å². The molecule has 0 radical (unpaired) electrons. The van der Waals surface area contributed by atoms with E-state index in [9.17, 15) is 0 Å². The number of fused-ring (bicyclic) bond motifs is 1. The van der Waals surface area contributed by atoms with Gasteiger partial charge in [-0.1, -0.05) is 17.8 Å². The predicted molar refractivity (Wildman–Crippen MR) is 103 cm³/mol. The molecule has 7 nitrogen and oxygen atoms in total. The van der Waals surface area contributed by atoms with Crippen molar-refractivity contribution in [3.8, 4) is 11.5 Å². The Labute approximate surface area is 161 Å². The van der Waals surface area contributed by atoms with Crippen molar-refractivity contribution in [2.45, 2.75) is 17.5 Å². The van der Waals surface area contributed by atoms with Crippen LogP contribution in [0.3, 0.4) is 0 Å². The number of hydrogen-bond donors (Lipinski definition) is 0. The summed E-state index contributed by atoms with van der Waals surface area (Å²) in [7, 11) is 3.58. The fraction of sp³-hybridized carbons (Fsp3) is 0.211. The monoisotopic (exact) mass is 381 g/mol. The Balaban J connectivity index is 1.37. The Kier molecular flexibility index (Phi) is 4.97. The van der Waals surface area contributed by atoms with Gasteiger partial charge in [-0.2, -0.15) is 0 Å². The Hall–Kier alpha value is -3.00. The average Bonchev–Trinajstić information content (AvgIpc) is 3.28. The summed E-state index contributed by atoms with van der Waals surface area (Å²) in [5.74, 6) is 3.06. The highest BCUT2D eigenvalue weighted by molar-refractivity contribution is 7.98. The number of hydrogen-bond acceptors (Lipinski definition) is 6. The number of rotatable bonds is 7. The average molecular weight is 381 g/mol. The highest BCUT2D eigenvalue weighted by atomic mass is 32.2. The molecule has 0 aliphatic rings. The highest BCUT2D eigenvalue weighted by Gasteiger charge is 2.11. The normalized spacial score (nSPS) is 11.0. The second kappa shape index (κ2) is 7.71. The number of nitrogens with zero attached hydrogens (tertiary/aromatic N) is 5. The van der Waals surface area contributed by atoms with Gasteiger partial charge in [-0.3, -0.25) is 0 Å². The van der Waals surface area contributed by atoms with Crippen LogP contribution < -0.4 is 9.47 Å². The maximum Gasteiger partial charge on any atom is 0.191 e. The Morgan fingerprint density at radius 3 is 2.63 bits per heavy atom.